The number of halogens is 1. The first-order chi connectivity index (χ1) is 10.3. The van der Waals surface area contributed by atoms with Crippen LogP contribution in [0.4, 0.5) is 4.39 Å². The molecule has 108 valence electrons. The van der Waals surface area contributed by atoms with Crippen LogP contribution >= 0.6 is 0 Å². The van der Waals surface area contributed by atoms with E-state index in [9.17, 15) is 4.39 Å². The maximum Gasteiger partial charge on any atom is 0.123 e. The standard InChI is InChI=1S/C18H19FN2/c19-15-8-10-16(11-9-15)21-13-14(5-3-4-12-20)17-6-1-2-7-18(17)21/h1-2,6-11,13H,3-5,12,20H2. The fourth-order valence-corrected chi connectivity index (χ4v) is 2.72. The zero-order chi connectivity index (χ0) is 14.7. The third-order valence-corrected chi connectivity index (χ3v) is 3.80. The highest BCUT2D eigenvalue weighted by Gasteiger charge is 2.09. The van der Waals surface area contributed by atoms with Crippen LogP contribution in [-0.4, -0.2) is 11.1 Å². The van der Waals surface area contributed by atoms with Gasteiger partial charge in [-0.3, -0.25) is 0 Å². The molecule has 3 rings (SSSR count). The minimum atomic E-state index is -0.210. The quantitative estimate of drug-likeness (QED) is 0.703. The summed E-state index contributed by atoms with van der Waals surface area (Å²) in [6.07, 6.45) is 5.31. The summed E-state index contributed by atoms with van der Waals surface area (Å²) in [7, 11) is 0. The first-order valence-electron chi connectivity index (χ1n) is 7.34. The molecule has 0 saturated carbocycles. The van der Waals surface area contributed by atoms with Crippen molar-refractivity contribution in [2.24, 2.45) is 5.73 Å². The topological polar surface area (TPSA) is 30.9 Å². The van der Waals surface area contributed by atoms with Crippen LogP contribution in [0.3, 0.4) is 0 Å². The number of hydrogen-bond donors (Lipinski definition) is 1. The van der Waals surface area contributed by atoms with E-state index in [0.29, 0.717) is 0 Å². The normalized spacial score (nSPS) is 11.1. The molecular formula is C18H19FN2. The van der Waals surface area contributed by atoms with Crippen LogP contribution in [0.5, 0.6) is 0 Å². The van der Waals surface area contributed by atoms with E-state index in [-0.39, 0.29) is 5.82 Å². The van der Waals surface area contributed by atoms with Gasteiger partial charge in [0.1, 0.15) is 5.82 Å². The largest absolute Gasteiger partial charge is 0.330 e. The Hall–Kier alpha value is -2.13. The second-order valence-corrected chi connectivity index (χ2v) is 5.26. The molecule has 3 aromatic rings. The molecule has 0 bridgehead atoms. The van der Waals surface area contributed by atoms with Crippen molar-refractivity contribution >= 4 is 10.9 Å². The van der Waals surface area contributed by atoms with Gasteiger partial charge in [-0.05, 0) is 61.7 Å². The number of benzene rings is 2. The molecule has 0 aliphatic rings. The van der Waals surface area contributed by atoms with Gasteiger partial charge in [0.2, 0.25) is 0 Å². The Labute approximate surface area is 124 Å². The second kappa shape index (κ2) is 6.10. The lowest BCUT2D eigenvalue weighted by molar-refractivity contribution is 0.627. The van der Waals surface area contributed by atoms with Crippen LogP contribution in [-0.2, 0) is 6.42 Å². The van der Waals surface area contributed by atoms with Gasteiger partial charge in [-0.25, -0.2) is 4.39 Å². The number of unbranched alkanes of at least 4 members (excludes halogenated alkanes) is 1. The van der Waals surface area contributed by atoms with Gasteiger partial charge in [0.15, 0.2) is 0 Å². The summed E-state index contributed by atoms with van der Waals surface area (Å²) in [5.41, 5.74) is 9.04. The predicted molar refractivity (Wildman–Crippen MR) is 85.2 cm³/mol. The average molecular weight is 282 g/mol. The Morgan fingerprint density at radius 1 is 0.952 bits per heavy atom. The molecule has 0 aliphatic carbocycles. The lowest BCUT2D eigenvalue weighted by atomic mass is 10.1. The lowest BCUT2D eigenvalue weighted by Gasteiger charge is -2.04. The summed E-state index contributed by atoms with van der Waals surface area (Å²) in [5, 5.41) is 1.26. The minimum absolute atomic E-state index is 0.210. The van der Waals surface area contributed by atoms with Gasteiger partial charge < -0.3 is 10.3 Å². The highest BCUT2D eigenvalue weighted by atomic mass is 19.1. The van der Waals surface area contributed by atoms with E-state index >= 15 is 0 Å². The van der Waals surface area contributed by atoms with Gasteiger partial charge in [-0.2, -0.15) is 0 Å². The van der Waals surface area contributed by atoms with Crippen molar-refractivity contribution in [3.8, 4) is 5.69 Å². The number of para-hydroxylation sites is 1. The zero-order valence-electron chi connectivity index (χ0n) is 11.9. The van der Waals surface area contributed by atoms with Crippen LogP contribution < -0.4 is 5.73 Å². The fourth-order valence-electron chi connectivity index (χ4n) is 2.72. The molecule has 21 heavy (non-hydrogen) atoms. The van der Waals surface area contributed by atoms with Crippen molar-refractivity contribution in [2.45, 2.75) is 19.3 Å². The Bertz CT molecular complexity index is 729. The van der Waals surface area contributed by atoms with E-state index in [2.05, 4.69) is 29.0 Å². The van der Waals surface area contributed by atoms with Crippen molar-refractivity contribution in [2.75, 3.05) is 6.54 Å². The van der Waals surface area contributed by atoms with Crippen molar-refractivity contribution in [1.82, 2.24) is 4.57 Å². The van der Waals surface area contributed by atoms with Gasteiger partial charge in [0.25, 0.3) is 0 Å². The van der Waals surface area contributed by atoms with Crippen LogP contribution in [0, 0.1) is 5.82 Å². The average Bonchev–Trinajstić information content (AvgIpc) is 2.88. The van der Waals surface area contributed by atoms with Gasteiger partial charge in [-0.1, -0.05) is 18.2 Å². The van der Waals surface area contributed by atoms with Crippen LogP contribution in [0.1, 0.15) is 18.4 Å². The molecule has 3 heteroatoms. The smallest absolute Gasteiger partial charge is 0.123 e. The highest BCUT2D eigenvalue weighted by Crippen LogP contribution is 2.26. The second-order valence-electron chi connectivity index (χ2n) is 5.26. The third-order valence-electron chi connectivity index (χ3n) is 3.80. The van der Waals surface area contributed by atoms with Crippen molar-refractivity contribution in [1.29, 1.82) is 0 Å². The summed E-state index contributed by atoms with van der Waals surface area (Å²) in [6.45, 7) is 0.733. The molecule has 1 aromatic heterocycles. The highest BCUT2D eigenvalue weighted by molar-refractivity contribution is 5.85. The van der Waals surface area contributed by atoms with E-state index in [1.807, 2.05) is 18.2 Å². The van der Waals surface area contributed by atoms with Gasteiger partial charge in [-0.15, -0.1) is 0 Å². The van der Waals surface area contributed by atoms with Crippen LogP contribution in [0.15, 0.2) is 54.7 Å². The summed E-state index contributed by atoms with van der Waals surface area (Å²) in [5.74, 6) is -0.210. The Balaban J connectivity index is 2.04. The van der Waals surface area contributed by atoms with Gasteiger partial charge in [0.05, 0.1) is 5.52 Å². The zero-order valence-corrected chi connectivity index (χ0v) is 11.9. The minimum Gasteiger partial charge on any atom is -0.330 e. The number of nitrogens with two attached hydrogens (primary N) is 1. The monoisotopic (exact) mass is 282 g/mol. The molecule has 0 radical (unpaired) electrons. The number of aromatic nitrogens is 1. The number of nitrogens with zero attached hydrogens (tertiary/aromatic N) is 1. The predicted octanol–water partition coefficient (Wildman–Crippen LogP) is 4.05. The van der Waals surface area contributed by atoms with E-state index in [1.54, 1.807) is 0 Å². The SMILES string of the molecule is NCCCCc1cn(-c2ccc(F)cc2)c2ccccc12. The van der Waals surface area contributed by atoms with Crippen molar-refractivity contribution in [3.05, 3.63) is 66.1 Å². The van der Waals surface area contributed by atoms with E-state index < -0.39 is 0 Å². The summed E-state index contributed by atoms with van der Waals surface area (Å²) >= 11 is 0. The number of aryl methyl sites for hydroxylation is 1. The van der Waals surface area contributed by atoms with Gasteiger partial charge >= 0.3 is 0 Å². The molecule has 0 atom stereocenters. The molecule has 2 nitrogen and oxygen atoms in total. The maximum absolute atomic E-state index is 13.1. The Morgan fingerprint density at radius 3 is 2.48 bits per heavy atom. The van der Waals surface area contributed by atoms with Gasteiger partial charge in [0, 0.05) is 17.3 Å². The fraction of sp³-hybridized carbons (Fsp3) is 0.222. The van der Waals surface area contributed by atoms with E-state index in [4.69, 9.17) is 5.73 Å². The van der Waals surface area contributed by atoms with Crippen molar-refractivity contribution in [3.63, 3.8) is 0 Å². The summed E-state index contributed by atoms with van der Waals surface area (Å²) in [6, 6.07) is 15.0. The molecule has 0 saturated heterocycles. The lowest BCUT2D eigenvalue weighted by Crippen LogP contribution is -1.98. The molecule has 0 spiro atoms. The molecular weight excluding hydrogens is 263 g/mol. The molecule has 0 fully saturated rings. The molecule has 0 aliphatic heterocycles. The van der Waals surface area contributed by atoms with Crippen LogP contribution in [0.2, 0.25) is 0 Å². The van der Waals surface area contributed by atoms with E-state index in [0.717, 1.165) is 37.0 Å². The van der Waals surface area contributed by atoms with Crippen LogP contribution in [0.25, 0.3) is 16.6 Å². The molecule has 0 amide bonds. The molecule has 2 N–H and O–H groups in total. The first-order valence-corrected chi connectivity index (χ1v) is 7.34. The Kier molecular flexibility index (Phi) is 4.02. The van der Waals surface area contributed by atoms with E-state index in [1.165, 1.54) is 23.1 Å². The maximum atomic E-state index is 13.1. The number of fused-ring (bicyclic) bond motifs is 1. The Morgan fingerprint density at radius 2 is 1.71 bits per heavy atom. The first kappa shape index (κ1) is 13.8. The number of rotatable bonds is 5. The number of hydrogen-bond acceptors (Lipinski definition) is 1. The molecule has 1 heterocycles. The van der Waals surface area contributed by atoms with Crippen molar-refractivity contribution < 1.29 is 4.39 Å². The third kappa shape index (κ3) is 2.83. The molecule has 2 aromatic carbocycles. The summed E-state index contributed by atoms with van der Waals surface area (Å²) < 4.78 is 15.2. The summed E-state index contributed by atoms with van der Waals surface area (Å²) in [4.78, 5) is 0. The molecule has 0 unspecified atom stereocenters.